The van der Waals surface area contributed by atoms with Gasteiger partial charge in [0.2, 0.25) is 0 Å². The van der Waals surface area contributed by atoms with Crippen LogP contribution in [0.4, 0.5) is 0 Å². The number of rotatable bonds is 1. The van der Waals surface area contributed by atoms with Crippen molar-refractivity contribution >= 4 is 26.7 Å². The van der Waals surface area contributed by atoms with Gasteiger partial charge in [-0.15, -0.1) is 0 Å². The molecule has 1 aliphatic carbocycles. The average Bonchev–Trinajstić information content (AvgIpc) is 2.38. The molecule has 2 unspecified atom stereocenters. The van der Waals surface area contributed by atoms with Crippen LogP contribution in [-0.4, -0.2) is 9.81 Å². The van der Waals surface area contributed by atoms with Crippen LogP contribution in [0.25, 0.3) is 10.8 Å². The molecule has 1 saturated carbocycles. The van der Waals surface area contributed by atoms with Crippen LogP contribution in [-0.2, 0) is 0 Å². The maximum Gasteiger partial charge on any atom is 0.0346 e. The Morgan fingerprint density at radius 3 is 2.88 bits per heavy atom. The van der Waals surface area contributed by atoms with Crippen molar-refractivity contribution in [2.24, 2.45) is 0 Å². The van der Waals surface area contributed by atoms with Gasteiger partial charge in [0.1, 0.15) is 0 Å². The number of pyridine rings is 1. The van der Waals surface area contributed by atoms with Crippen LogP contribution in [0.3, 0.4) is 0 Å². The average molecular weight is 290 g/mol. The van der Waals surface area contributed by atoms with Crippen molar-refractivity contribution in [2.45, 2.75) is 36.4 Å². The van der Waals surface area contributed by atoms with E-state index in [1.807, 2.05) is 6.20 Å². The molecule has 1 aliphatic rings. The molecule has 2 heteroatoms. The van der Waals surface area contributed by atoms with Crippen LogP contribution >= 0.6 is 15.9 Å². The predicted molar refractivity (Wildman–Crippen MR) is 75.7 cm³/mol. The zero-order valence-corrected chi connectivity index (χ0v) is 11.4. The number of alkyl halides is 1. The summed E-state index contributed by atoms with van der Waals surface area (Å²) < 4.78 is 0. The summed E-state index contributed by atoms with van der Waals surface area (Å²) in [6.07, 6.45) is 9.22. The monoisotopic (exact) mass is 289 g/mol. The van der Waals surface area contributed by atoms with E-state index in [9.17, 15) is 0 Å². The molecule has 2 atom stereocenters. The second-order valence-electron chi connectivity index (χ2n) is 4.91. The van der Waals surface area contributed by atoms with Gasteiger partial charge in [0.15, 0.2) is 0 Å². The van der Waals surface area contributed by atoms with Crippen molar-refractivity contribution in [3.63, 3.8) is 0 Å². The van der Waals surface area contributed by atoms with Crippen LogP contribution in [0.2, 0.25) is 0 Å². The maximum absolute atomic E-state index is 4.40. The minimum Gasteiger partial charge on any atom is -0.264 e. The van der Waals surface area contributed by atoms with Crippen molar-refractivity contribution in [3.8, 4) is 0 Å². The Labute approximate surface area is 110 Å². The number of aromatic nitrogens is 1. The molecule has 1 heterocycles. The molecule has 1 fully saturated rings. The summed E-state index contributed by atoms with van der Waals surface area (Å²) in [6, 6.07) is 8.59. The number of halogens is 1. The van der Waals surface area contributed by atoms with Gasteiger partial charge in [-0.2, -0.15) is 0 Å². The lowest BCUT2D eigenvalue weighted by Crippen LogP contribution is -2.14. The summed E-state index contributed by atoms with van der Waals surface area (Å²) in [5.74, 6) is 0.673. The summed E-state index contributed by atoms with van der Waals surface area (Å²) in [6.45, 7) is 0. The second-order valence-corrected chi connectivity index (χ2v) is 6.21. The largest absolute Gasteiger partial charge is 0.264 e. The van der Waals surface area contributed by atoms with Crippen LogP contribution in [0.15, 0.2) is 36.7 Å². The van der Waals surface area contributed by atoms with Crippen LogP contribution in [0, 0.1) is 0 Å². The number of hydrogen-bond acceptors (Lipinski definition) is 1. The molecular formula is C15H16BrN. The summed E-state index contributed by atoms with van der Waals surface area (Å²) in [5.41, 5.74) is 1.44. The number of nitrogens with zero attached hydrogens (tertiary/aromatic N) is 1. The lowest BCUT2D eigenvalue weighted by molar-refractivity contribution is 0.459. The molecule has 0 spiro atoms. The lowest BCUT2D eigenvalue weighted by atomic mass is 9.83. The van der Waals surface area contributed by atoms with E-state index in [1.165, 1.54) is 42.0 Å². The molecule has 1 aromatic heterocycles. The Hall–Kier alpha value is -0.890. The maximum atomic E-state index is 4.40. The highest BCUT2D eigenvalue weighted by Crippen LogP contribution is 2.38. The van der Waals surface area contributed by atoms with Crippen molar-refractivity contribution in [1.29, 1.82) is 0 Å². The van der Waals surface area contributed by atoms with E-state index in [2.05, 4.69) is 51.4 Å². The number of benzene rings is 1. The van der Waals surface area contributed by atoms with Gasteiger partial charge in [0.05, 0.1) is 0 Å². The molecule has 88 valence electrons. The Morgan fingerprint density at radius 1 is 1.12 bits per heavy atom. The van der Waals surface area contributed by atoms with E-state index in [4.69, 9.17) is 0 Å². The van der Waals surface area contributed by atoms with Crippen molar-refractivity contribution in [3.05, 3.63) is 42.2 Å². The minimum absolute atomic E-state index is 0.673. The summed E-state index contributed by atoms with van der Waals surface area (Å²) in [7, 11) is 0. The topological polar surface area (TPSA) is 12.9 Å². The number of hydrogen-bond donors (Lipinski definition) is 0. The predicted octanol–water partition coefficient (Wildman–Crippen LogP) is 4.66. The van der Waals surface area contributed by atoms with Gasteiger partial charge in [-0.3, -0.25) is 4.98 Å². The van der Waals surface area contributed by atoms with Crippen molar-refractivity contribution in [2.75, 3.05) is 0 Å². The Balaban J connectivity index is 2.04. The number of fused-ring (bicyclic) bond motifs is 1. The van der Waals surface area contributed by atoms with Crippen LogP contribution < -0.4 is 0 Å². The van der Waals surface area contributed by atoms with Gasteiger partial charge in [-0.05, 0) is 36.1 Å². The smallest absolute Gasteiger partial charge is 0.0346 e. The fourth-order valence-corrected chi connectivity index (χ4v) is 3.65. The molecule has 3 rings (SSSR count). The fraction of sp³-hybridized carbons (Fsp3) is 0.400. The van der Waals surface area contributed by atoms with Crippen molar-refractivity contribution in [1.82, 2.24) is 4.98 Å². The fourth-order valence-electron chi connectivity index (χ4n) is 2.88. The standard InChI is InChI=1S/C15H16BrN/c16-13-6-3-5-11(8-13)15-10-17-9-12-4-1-2-7-14(12)15/h1-2,4,7,9-11,13H,3,5-6,8H2. The van der Waals surface area contributed by atoms with E-state index in [-0.39, 0.29) is 0 Å². The van der Waals surface area contributed by atoms with E-state index < -0.39 is 0 Å². The molecule has 0 radical (unpaired) electrons. The zero-order chi connectivity index (χ0) is 11.7. The second kappa shape index (κ2) is 4.77. The molecule has 1 aromatic carbocycles. The molecule has 0 saturated heterocycles. The SMILES string of the molecule is BrC1CCCC(c2cncc3ccccc23)C1. The van der Waals surface area contributed by atoms with Gasteiger partial charge >= 0.3 is 0 Å². The first-order chi connectivity index (χ1) is 8.34. The highest BCUT2D eigenvalue weighted by Gasteiger charge is 2.22. The van der Waals surface area contributed by atoms with Gasteiger partial charge in [0, 0.05) is 22.6 Å². The van der Waals surface area contributed by atoms with E-state index in [0.29, 0.717) is 10.7 Å². The Morgan fingerprint density at radius 2 is 2.00 bits per heavy atom. The summed E-state index contributed by atoms with van der Waals surface area (Å²) in [4.78, 5) is 5.08. The van der Waals surface area contributed by atoms with Gasteiger partial charge in [-0.1, -0.05) is 46.6 Å². The third kappa shape index (κ3) is 2.23. The highest BCUT2D eigenvalue weighted by molar-refractivity contribution is 9.09. The van der Waals surface area contributed by atoms with Crippen molar-refractivity contribution < 1.29 is 0 Å². The first-order valence-corrected chi connectivity index (χ1v) is 7.23. The molecule has 1 nitrogen and oxygen atoms in total. The third-order valence-corrected chi connectivity index (χ3v) is 4.58. The van der Waals surface area contributed by atoms with Crippen LogP contribution in [0.5, 0.6) is 0 Å². The third-order valence-electron chi connectivity index (χ3n) is 3.75. The first kappa shape index (κ1) is 11.2. The summed E-state index contributed by atoms with van der Waals surface area (Å²) in [5, 5.41) is 2.65. The normalized spacial score (nSPS) is 25.0. The molecule has 0 bridgehead atoms. The lowest BCUT2D eigenvalue weighted by Gasteiger charge is -2.26. The van der Waals surface area contributed by atoms with E-state index in [0.717, 1.165) is 0 Å². The van der Waals surface area contributed by atoms with Crippen LogP contribution in [0.1, 0.15) is 37.2 Å². The molecule has 0 aliphatic heterocycles. The molecule has 0 amide bonds. The van der Waals surface area contributed by atoms with Gasteiger partial charge < -0.3 is 0 Å². The first-order valence-electron chi connectivity index (χ1n) is 6.31. The molecule has 2 aromatic rings. The Bertz CT molecular complexity index is 518. The quantitative estimate of drug-likeness (QED) is 0.696. The molecule has 17 heavy (non-hydrogen) atoms. The Kier molecular flexibility index (Phi) is 3.15. The van der Waals surface area contributed by atoms with Gasteiger partial charge in [0.25, 0.3) is 0 Å². The van der Waals surface area contributed by atoms with Gasteiger partial charge in [-0.25, -0.2) is 0 Å². The molecular weight excluding hydrogens is 274 g/mol. The highest BCUT2D eigenvalue weighted by atomic mass is 79.9. The molecule has 0 N–H and O–H groups in total. The minimum atomic E-state index is 0.673. The summed E-state index contributed by atoms with van der Waals surface area (Å²) >= 11 is 3.77. The zero-order valence-electron chi connectivity index (χ0n) is 9.77. The van der Waals surface area contributed by atoms with E-state index >= 15 is 0 Å². The van der Waals surface area contributed by atoms with E-state index in [1.54, 1.807) is 0 Å².